The summed E-state index contributed by atoms with van der Waals surface area (Å²) in [6.45, 7) is 12.2. The fourth-order valence-corrected chi connectivity index (χ4v) is 4.36. The molecule has 6 nitrogen and oxygen atoms in total. The van der Waals surface area contributed by atoms with Crippen LogP contribution in [0.3, 0.4) is 0 Å². The molecule has 1 aliphatic heterocycles. The van der Waals surface area contributed by atoms with Crippen molar-refractivity contribution in [2.45, 2.75) is 45.7 Å². The van der Waals surface area contributed by atoms with Gasteiger partial charge >= 0.3 is 0 Å². The van der Waals surface area contributed by atoms with Crippen molar-refractivity contribution in [3.05, 3.63) is 46.8 Å². The van der Waals surface area contributed by atoms with E-state index >= 15 is 0 Å². The second kappa shape index (κ2) is 9.74. The summed E-state index contributed by atoms with van der Waals surface area (Å²) in [4.78, 5) is 2.49. The molecule has 1 aromatic carbocycles. The van der Waals surface area contributed by atoms with Crippen LogP contribution in [0.1, 0.15) is 35.9 Å². The molecular weight excluding hydrogens is 366 g/mol. The van der Waals surface area contributed by atoms with E-state index in [1.807, 2.05) is 6.07 Å². The van der Waals surface area contributed by atoms with Gasteiger partial charge in [-0.2, -0.15) is 5.10 Å². The molecule has 1 saturated heterocycles. The Labute approximate surface area is 174 Å². The summed E-state index contributed by atoms with van der Waals surface area (Å²) in [6, 6.07) is 8.45. The van der Waals surface area contributed by atoms with Crippen LogP contribution in [0.2, 0.25) is 0 Å². The fraction of sp³-hybridized carbons (Fsp3) is 0.609. The number of methoxy groups -OCH3 is 2. The van der Waals surface area contributed by atoms with Gasteiger partial charge in [-0.05, 0) is 44.9 Å². The molecule has 0 aliphatic carbocycles. The number of hydrogen-bond donors (Lipinski definition) is 0. The molecule has 1 aliphatic rings. The monoisotopic (exact) mass is 401 g/mol. The maximum absolute atomic E-state index is 5.90. The SMILES string of the molecule is CCn1nc(C)c(CN(CCOC)C[C@]2(c3cccc(OC)c3)CCOC2)c1C. The lowest BCUT2D eigenvalue weighted by atomic mass is 9.79. The Hall–Kier alpha value is -1.89. The summed E-state index contributed by atoms with van der Waals surface area (Å²) in [7, 11) is 3.49. The van der Waals surface area contributed by atoms with Gasteiger partial charge in [-0.3, -0.25) is 9.58 Å². The van der Waals surface area contributed by atoms with E-state index in [0.29, 0.717) is 6.61 Å². The van der Waals surface area contributed by atoms with Crippen LogP contribution < -0.4 is 4.74 Å². The first kappa shape index (κ1) is 21.8. The molecule has 3 rings (SSSR count). The minimum atomic E-state index is -0.0369. The molecule has 1 fully saturated rings. The quantitative estimate of drug-likeness (QED) is 0.611. The van der Waals surface area contributed by atoms with E-state index < -0.39 is 0 Å². The topological polar surface area (TPSA) is 48.8 Å². The van der Waals surface area contributed by atoms with E-state index in [1.165, 1.54) is 16.8 Å². The molecule has 0 amide bonds. The molecule has 0 bridgehead atoms. The van der Waals surface area contributed by atoms with Gasteiger partial charge in [-0.15, -0.1) is 0 Å². The number of rotatable bonds is 10. The third kappa shape index (κ3) is 4.82. The molecule has 1 aromatic heterocycles. The number of hydrogen-bond acceptors (Lipinski definition) is 5. The van der Waals surface area contributed by atoms with Crippen molar-refractivity contribution in [3.8, 4) is 5.75 Å². The first-order valence-electron chi connectivity index (χ1n) is 10.5. The Morgan fingerprint density at radius 3 is 2.72 bits per heavy atom. The molecule has 0 spiro atoms. The van der Waals surface area contributed by atoms with Crippen LogP contribution in [0, 0.1) is 13.8 Å². The normalized spacial score (nSPS) is 19.2. The molecule has 0 radical (unpaired) electrons. The summed E-state index contributed by atoms with van der Waals surface area (Å²) in [5, 5.41) is 4.71. The Bertz CT molecular complexity index is 797. The van der Waals surface area contributed by atoms with Crippen LogP contribution in [0.25, 0.3) is 0 Å². The molecule has 0 N–H and O–H groups in total. The van der Waals surface area contributed by atoms with E-state index in [4.69, 9.17) is 19.3 Å². The third-order valence-corrected chi connectivity index (χ3v) is 6.14. The average molecular weight is 402 g/mol. The van der Waals surface area contributed by atoms with E-state index in [2.05, 4.69) is 48.6 Å². The van der Waals surface area contributed by atoms with Crippen molar-refractivity contribution < 1.29 is 14.2 Å². The van der Waals surface area contributed by atoms with Crippen LogP contribution in [-0.2, 0) is 28.0 Å². The Kier molecular flexibility index (Phi) is 7.33. The van der Waals surface area contributed by atoms with Gasteiger partial charge in [0.2, 0.25) is 0 Å². The van der Waals surface area contributed by atoms with Gasteiger partial charge in [-0.25, -0.2) is 0 Å². The van der Waals surface area contributed by atoms with Gasteiger partial charge in [0.15, 0.2) is 0 Å². The van der Waals surface area contributed by atoms with Crippen molar-refractivity contribution in [1.29, 1.82) is 0 Å². The van der Waals surface area contributed by atoms with Gasteiger partial charge < -0.3 is 14.2 Å². The zero-order valence-corrected chi connectivity index (χ0v) is 18.5. The molecule has 1 atom stereocenters. The standard InChI is InChI=1S/C23H35N3O3/c1-6-26-19(3)22(18(2)24-26)15-25(11-13-27-4)16-23(10-12-29-17-23)20-8-7-9-21(14-20)28-5/h7-9,14H,6,10-13,15-17H2,1-5H3/t23-/m1/s1. The smallest absolute Gasteiger partial charge is 0.119 e. The number of aromatic nitrogens is 2. The molecule has 29 heavy (non-hydrogen) atoms. The molecule has 0 unspecified atom stereocenters. The molecule has 6 heteroatoms. The van der Waals surface area contributed by atoms with Crippen LogP contribution >= 0.6 is 0 Å². The van der Waals surface area contributed by atoms with E-state index in [9.17, 15) is 0 Å². The van der Waals surface area contributed by atoms with Crippen molar-refractivity contribution in [2.75, 3.05) is 47.1 Å². The molecule has 0 saturated carbocycles. The van der Waals surface area contributed by atoms with E-state index in [-0.39, 0.29) is 5.41 Å². The van der Waals surface area contributed by atoms with Gasteiger partial charge in [0.25, 0.3) is 0 Å². The summed E-state index contributed by atoms with van der Waals surface area (Å²) < 4.78 is 18.9. The second-order valence-corrected chi connectivity index (χ2v) is 7.98. The van der Waals surface area contributed by atoms with E-state index in [0.717, 1.165) is 57.3 Å². The van der Waals surface area contributed by atoms with Crippen molar-refractivity contribution in [2.24, 2.45) is 0 Å². The second-order valence-electron chi connectivity index (χ2n) is 7.98. The zero-order valence-electron chi connectivity index (χ0n) is 18.5. The predicted octanol–water partition coefficient (Wildman–Crippen LogP) is 3.34. The maximum atomic E-state index is 5.90. The van der Waals surface area contributed by atoms with Gasteiger partial charge in [0, 0.05) is 56.6 Å². The predicted molar refractivity (Wildman–Crippen MR) is 115 cm³/mol. The highest BCUT2D eigenvalue weighted by molar-refractivity contribution is 5.35. The van der Waals surface area contributed by atoms with Gasteiger partial charge in [0.1, 0.15) is 5.75 Å². The molecule has 160 valence electrons. The summed E-state index contributed by atoms with van der Waals surface area (Å²) in [5.41, 5.74) is 4.94. The van der Waals surface area contributed by atoms with Crippen molar-refractivity contribution in [1.82, 2.24) is 14.7 Å². The number of benzene rings is 1. The fourth-order valence-electron chi connectivity index (χ4n) is 4.36. The Morgan fingerprint density at radius 2 is 2.10 bits per heavy atom. The zero-order chi connectivity index (χ0) is 20.9. The number of aryl methyl sites for hydroxylation is 2. The molecule has 2 heterocycles. The average Bonchev–Trinajstić information content (AvgIpc) is 3.32. The largest absolute Gasteiger partial charge is 0.497 e. The van der Waals surface area contributed by atoms with Crippen LogP contribution in [0.4, 0.5) is 0 Å². The minimum absolute atomic E-state index is 0.0369. The van der Waals surface area contributed by atoms with E-state index in [1.54, 1.807) is 14.2 Å². The number of ether oxygens (including phenoxy) is 3. The van der Waals surface area contributed by atoms with Crippen LogP contribution in [0.15, 0.2) is 24.3 Å². The first-order valence-corrected chi connectivity index (χ1v) is 10.5. The van der Waals surface area contributed by atoms with Gasteiger partial charge in [0.05, 0.1) is 26.0 Å². The summed E-state index contributed by atoms with van der Waals surface area (Å²) in [6.07, 6.45) is 1.01. The summed E-state index contributed by atoms with van der Waals surface area (Å²) >= 11 is 0. The highest BCUT2D eigenvalue weighted by Crippen LogP contribution is 2.36. The summed E-state index contributed by atoms with van der Waals surface area (Å²) in [5.74, 6) is 0.896. The molecular formula is C23H35N3O3. The van der Waals surface area contributed by atoms with Crippen LogP contribution in [-0.4, -0.2) is 61.8 Å². The van der Waals surface area contributed by atoms with Gasteiger partial charge in [-0.1, -0.05) is 12.1 Å². The Morgan fingerprint density at radius 1 is 1.28 bits per heavy atom. The minimum Gasteiger partial charge on any atom is -0.497 e. The Balaban J connectivity index is 1.88. The number of nitrogens with zero attached hydrogens (tertiary/aromatic N) is 3. The highest BCUT2D eigenvalue weighted by atomic mass is 16.5. The lowest BCUT2D eigenvalue weighted by Gasteiger charge is -2.35. The third-order valence-electron chi connectivity index (χ3n) is 6.14. The lowest BCUT2D eigenvalue weighted by molar-refractivity contribution is 0.113. The van der Waals surface area contributed by atoms with Crippen molar-refractivity contribution in [3.63, 3.8) is 0 Å². The van der Waals surface area contributed by atoms with Crippen LogP contribution in [0.5, 0.6) is 5.75 Å². The van der Waals surface area contributed by atoms with Crippen molar-refractivity contribution >= 4 is 0 Å². The first-order chi connectivity index (χ1) is 14.0. The maximum Gasteiger partial charge on any atom is 0.119 e. The lowest BCUT2D eigenvalue weighted by Crippen LogP contribution is -2.42. The molecule has 2 aromatic rings. The highest BCUT2D eigenvalue weighted by Gasteiger charge is 2.38.